The summed E-state index contributed by atoms with van der Waals surface area (Å²) >= 11 is 7.77. The maximum Gasteiger partial charge on any atom is 0.0934 e. The van der Waals surface area contributed by atoms with Crippen molar-refractivity contribution < 1.29 is 0 Å². The third-order valence-electron chi connectivity index (χ3n) is 11.1. The zero-order chi connectivity index (χ0) is 32.6. The fourth-order valence-electron chi connectivity index (χ4n) is 8.65. The summed E-state index contributed by atoms with van der Waals surface area (Å²) in [6, 6.07) is 14.0. The molecule has 2 nitrogen and oxygen atoms in total. The number of unbranched alkanes of at least 4 members (excludes halogenated alkanes) is 12. The molecule has 46 heavy (non-hydrogen) atoms. The minimum absolute atomic E-state index is 0.0685. The van der Waals surface area contributed by atoms with Crippen molar-refractivity contribution in [2.45, 2.75) is 167 Å². The van der Waals surface area contributed by atoms with E-state index in [1.807, 2.05) is 0 Å². The van der Waals surface area contributed by atoms with E-state index in [0.717, 1.165) is 25.7 Å². The van der Waals surface area contributed by atoms with Gasteiger partial charge in [0.1, 0.15) is 0 Å². The smallest absolute Gasteiger partial charge is 0.0934 e. The number of nitrogens with zero attached hydrogens (tertiary/aromatic N) is 2. The van der Waals surface area contributed by atoms with Crippen molar-refractivity contribution in [3.63, 3.8) is 0 Å². The first-order valence-electron chi connectivity index (χ1n) is 19.0. The molecule has 0 aliphatic heterocycles. The van der Waals surface area contributed by atoms with Gasteiger partial charge >= 0.3 is 0 Å². The molecule has 0 atom stereocenters. The number of hydrogen-bond acceptors (Lipinski definition) is 2. The molecular formula is C42H58Br2N2. The predicted molar refractivity (Wildman–Crippen MR) is 205 cm³/mol. The molecule has 0 radical (unpaired) electrons. The topological polar surface area (TPSA) is 25.8 Å². The molecule has 2 aromatic carbocycles. The molecule has 0 amide bonds. The molecule has 0 saturated heterocycles. The molecule has 0 saturated carbocycles. The highest BCUT2D eigenvalue weighted by molar-refractivity contribution is 9.10. The fraction of sp³-hybridized carbons (Fsp3) is 0.619. The number of fused-ring (bicyclic) bond motifs is 6. The van der Waals surface area contributed by atoms with E-state index in [0.29, 0.717) is 0 Å². The minimum atomic E-state index is -0.0685. The number of hydrogen-bond donors (Lipinski definition) is 0. The van der Waals surface area contributed by atoms with E-state index in [-0.39, 0.29) is 10.8 Å². The normalized spacial score (nSPS) is 15.1. The Bertz CT molecular complexity index is 1310. The molecule has 0 unspecified atom stereocenters. The molecule has 1 heterocycles. The lowest BCUT2D eigenvalue weighted by Gasteiger charge is -2.33. The van der Waals surface area contributed by atoms with Crippen LogP contribution in [0.5, 0.6) is 0 Å². The summed E-state index contributed by atoms with van der Waals surface area (Å²) in [4.78, 5) is 11.8. The van der Waals surface area contributed by atoms with Gasteiger partial charge in [-0.1, -0.05) is 174 Å². The van der Waals surface area contributed by atoms with Crippen LogP contribution in [-0.4, -0.2) is 9.97 Å². The Kier molecular flexibility index (Phi) is 13.0. The molecule has 0 spiro atoms. The van der Waals surface area contributed by atoms with Gasteiger partial charge in [0, 0.05) is 30.9 Å². The van der Waals surface area contributed by atoms with Crippen LogP contribution in [0.25, 0.3) is 22.5 Å². The average Bonchev–Trinajstić information content (AvgIpc) is 3.46. The Labute approximate surface area is 297 Å². The van der Waals surface area contributed by atoms with Gasteiger partial charge in [-0.25, -0.2) is 9.97 Å². The van der Waals surface area contributed by atoms with Crippen molar-refractivity contribution in [2.24, 2.45) is 0 Å². The third-order valence-corrected chi connectivity index (χ3v) is 12.1. The molecule has 0 fully saturated rings. The molecule has 2 aliphatic rings. The zero-order valence-corrected chi connectivity index (χ0v) is 32.4. The number of benzene rings is 2. The second-order valence-electron chi connectivity index (χ2n) is 14.4. The van der Waals surface area contributed by atoms with Gasteiger partial charge in [0.05, 0.1) is 22.8 Å². The summed E-state index contributed by atoms with van der Waals surface area (Å²) in [6.45, 7) is 9.27. The number of halogens is 2. The monoisotopic (exact) mass is 748 g/mol. The Morgan fingerprint density at radius 2 is 0.783 bits per heavy atom. The van der Waals surface area contributed by atoms with Crippen molar-refractivity contribution >= 4 is 31.9 Å². The van der Waals surface area contributed by atoms with Crippen LogP contribution < -0.4 is 0 Å². The van der Waals surface area contributed by atoms with E-state index < -0.39 is 0 Å². The van der Waals surface area contributed by atoms with Crippen LogP contribution >= 0.6 is 31.9 Å². The van der Waals surface area contributed by atoms with Gasteiger partial charge in [0.15, 0.2) is 0 Å². The number of rotatable bonds is 20. The highest BCUT2D eigenvalue weighted by Gasteiger charge is 2.50. The van der Waals surface area contributed by atoms with Gasteiger partial charge in [-0.3, -0.25) is 0 Å². The van der Waals surface area contributed by atoms with Crippen LogP contribution in [0.2, 0.25) is 0 Å². The molecule has 0 N–H and O–H groups in total. The summed E-state index contributed by atoms with van der Waals surface area (Å²) in [6.07, 6.45) is 25.1. The van der Waals surface area contributed by atoms with Crippen LogP contribution in [0.3, 0.4) is 0 Å². The summed E-state index contributed by atoms with van der Waals surface area (Å²) < 4.78 is 2.35. The van der Waals surface area contributed by atoms with Crippen molar-refractivity contribution in [3.8, 4) is 22.5 Å². The SMILES string of the molecule is CCCCCCC1(CCCCCC)c2cc(Br)ccc2-c2nc3c(nc21)-c1ccc(Br)cc1C3(CCCCCC)CCCCCC. The fourth-order valence-corrected chi connectivity index (χ4v) is 9.37. The molecule has 1 aromatic heterocycles. The highest BCUT2D eigenvalue weighted by Crippen LogP contribution is 2.58. The minimum Gasteiger partial charge on any atom is -0.248 e. The largest absolute Gasteiger partial charge is 0.248 e. The van der Waals surface area contributed by atoms with E-state index in [1.165, 1.54) is 157 Å². The third kappa shape index (κ3) is 7.24. The van der Waals surface area contributed by atoms with Gasteiger partial charge in [0.2, 0.25) is 0 Å². The van der Waals surface area contributed by atoms with Gasteiger partial charge in [-0.05, 0) is 61.1 Å². The maximum absolute atomic E-state index is 5.89. The Morgan fingerprint density at radius 3 is 1.09 bits per heavy atom. The maximum atomic E-state index is 5.89. The molecule has 5 rings (SSSR count). The van der Waals surface area contributed by atoms with Crippen LogP contribution in [0.1, 0.15) is 179 Å². The molecule has 4 heteroatoms. The van der Waals surface area contributed by atoms with Crippen molar-refractivity contribution in [2.75, 3.05) is 0 Å². The Morgan fingerprint density at radius 1 is 0.457 bits per heavy atom. The average molecular weight is 751 g/mol. The van der Waals surface area contributed by atoms with Crippen LogP contribution in [0, 0.1) is 0 Å². The standard InChI is InChI=1S/C42H58Br2N2/c1-5-9-13-17-25-41(26-18-14-10-6-2)35-29-31(43)21-23-33(35)37-39(41)45-38-34-24-22-32(44)30-36(34)42(40(38)46-37,27-19-15-11-7-3)28-20-16-12-8-4/h21-24,29-30H,5-20,25-28H2,1-4H3. The molecule has 3 aromatic rings. The molecule has 250 valence electrons. The lowest BCUT2D eigenvalue weighted by atomic mass is 9.72. The van der Waals surface area contributed by atoms with E-state index in [1.54, 1.807) is 0 Å². The summed E-state index contributed by atoms with van der Waals surface area (Å²) in [5.41, 5.74) is 10.4. The molecule has 0 bridgehead atoms. The first-order chi connectivity index (χ1) is 22.5. The summed E-state index contributed by atoms with van der Waals surface area (Å²) in [7, 11) is 0. The van der Waals surface area contributed by atoms with Crippen LogP contribution in [-0.2, 0) is 10.8 Å². The van der Waals surface area contributed by atoms with Crippen molar-refractivity contribution in [1.29, 1.82) is 0 Å². The quantitative estimate of drug-likeness (QED) is 0.108. The van der Waals surface area contributed by atoms with Crippen molar-refractivity contribution in [3.05, 3.63) is 67.9 Å². The summed E-state index contributed by atoms with van der Waals surface area (Å²) in [5, 5.41) is 0. The second kappa shape index (κ2) is 16.7. The lowest BCUT2D eigenvalue weighted by Crippen LogP contribution is -2.29. The first kappa shape index (κ1) is 35.8. The number of aromatic nitrogens is 2. The van der Waals surface area contributed by atoms with Gasteiger partial charge in [-0.15, -0.1) is 0 Å². The van der Waals surface area contributed by atoms with Gasteiger partial charge in [0.25, 0.3) is 0 Å². The first-order valence-corrected chi connectivity index (χ1v) is 20.6. The van der Waals surface area contributed by atoms with Gasteiger partial charge in [-0.2, -0.15) is 0 Å². The van der Waals surface area contributed by atoms with Crippen LogP contribution in [0.4, 0.5) is 0 Å². The molecular weight excluding hydrogens is 692 g/mol. The highest BCUT2D eigenvalue weighted by atomic mass is 79.9. The van der Waals surface area contributed by atoms with Crippen molar-refractivity contribution in [1.82, 2.24) is 9.97 Å². The van der Waals surface area contributed by atoms with E-state index in [4.69, 9.17) is 9.97 Å². The zero-order valence-electron chi connectivity index (χ0n) is 29.3. The summed E-state index contributed by atoms with van der Waals surface area (Å²) in [5.74, 6) is 0. The van der Waals surface area contributed by atoms with E-state index >= 15 is 0 Å². The van der Waals surface area contributed by atoms with Gasteiger partial charge < -0.3 is 0 Å². The molecule has 2 aliphatic carbocycles. The van der Waals surface area contributed by atoms with E-state index in [9.17, 15) is 0 Å². The Balaban J connectivity index is 1.70. The van der Waals surface area contributed by atoms with Crippen LogP contribution in [0.15, 0.2) is 45.3 Å². The predicted octanol–water partition coefficient (Wildman–Crippen LogP) is 14.4. The second-order valence-corrected chi connectivity index (χ2v) is 16.2. The lowest BCUT2D eigenvalue weighted by molar-refractivity contribution is 0.385. The Hall–Kier alpha value is -1.52. The van der Waals surface area contributed by atoms with E-state index in [2.05, 4.69) is 96.0 Å².